The van der Waals surface area contributed by atoms with Gasteiger partial charge in [-0.3, -0.25) is 0 Å². The summed E-state index contributed by atoms with van der Waals surface area (Å²) in [6.45, 7) is 2.59. The molecule has 7 rings (SSSR count). The first-order valence-corrected chi connectivity index (χ1v) is 12.0. The minimum absolute atomic E-state index is 0. The Labute approximate surface area is 190 Å². The van der Waals surface area contributed by atoms with Crippen molar-refractivity contribution in [2.24, 2.45) is 17.8 Å². The normalized spacial score (nSPS) is 33.5. The van der Waals surface area contributed by atoms with Gasteiger partial charge in [0.2, 0.25) is 0 Å². The summed E-state index contributed by atoms with van der Waals surface area (Å²) in [5.74, 6) is 4.11. The maximum atomic E-state index is 11.0. The van der Waals surface area contributed by atoms with E-state index >= 15 is 0 Å². The van der Waals surface area contributed by atoms with Crippen LogP contribution in [0.15, 0.2) is 24.3 Å². The molecule has 1 atom stereocenters. The molecule has 1 aromatic carbocycles. The van der Waals surface area contributed by atoms with Crippen LogP contribution in [0.1, 0.15) is 63.1 Å². The van der Waals surface area contributed by atoms with Crippen LogP contribution in [-0.4, -0.2) is 46.2 Å². The molecule has 4 aliphatic carbocycles. The first-order valence-electron chi connectivity index (χ1n) is 12.0. The van der Waals surface area contributed by atoms with Crippen LogP contribution >= 0.6 is 12.4 Å². The molecule has 4 saturated carbocycles. The van der Waals surface area contributed by atoms with Crippen molar-refractivity contribution < 1.29 is 14.6 Å². The number of imidazole rings is 1. The van der Waals surface area contributed by atoms with Crippen molar-refractivity contribution in [2.45, 2.75) is 75.5 Å². The number of hydrogen-bond donors (Lipinski definition) is 1. The average molecular weight is 447 g/mol. The van der Waals surface area contributed by atoms with Crippen LogP contribution in [0.5, 0.6) is 0 Å². The summed E-state index contributed by atoms with van der Waals surface area (Å²) in [6, 6.07) is 8.30. The van der Waals surface area contributed by atoms with E-state index in [1.165, 1.54) is 38.5 Å². The van der Waals surface area contributed by atoms with Crippen molar-refractivity contribution in [2.75, 3.05) is 19.8 Å². The van der Waals surface area contributed by atoms with Crippen LogP contribution in [0.3, 0.4) is 0 Å². The Morgan fingerprint density at radius 2 is 1.71 bits per heavy atom. The molecule has 1 unspecified atom stereocenters. The Kier molecular flexibility index (Phi) is 6.06. The number of aromatic nitrogens is 2. The highest BCUT2D eigenvalue weighted by Gasteiger charge is 2.51. The highest BCUT2D eigenvalue weighted by molar-refractivity contribution is 5.85. The number of nitrogens with zero attached hydrogens (tertiary/aromatic N) is 2. The van der Waals surface area contributed by atoms with Crippen molar-refractivity contribution in [1.29, 1.82) is 0 Å². The van der Waals surface area contributed by atoms with Gasteiger partial charge >= 0.3 is 0 Å². The van der Waals surface area contributed by atoms with Gasteiger partial charge in [-0.15, -0.1) is 12.4 Å². The van der Waals surface area contributed by atoms with Crippen LogP contribution in [0.2, 0.25) is 0 Å². The summed E-state index contributed by atoms with van der Waals surface area (Å²) in [7, 11) is 0. The van der Waals surface area contributed by atoms with E-state index in [1.54, 1.807) is 0 Å². The molecule has 1 saturated heterocycles. The first kappa shape index (κ1) is 21.7. The molecule has 0 amide bonds. The van der Waals surface area contributed by atoms with Crippen molar-refractivity contribution in [3.05, 3.63) is 30.1 Å². The smallest absolute Gasteiger partial charge is 0.113 e. The van der Waals surface area contributed by atoms with E-state index in [0.717, 1.165) is 60.7 Å². The van der Waals surface area contributed by atoms with Gasteiger partial charge in [-0.05, 0) is 81.3 Å². The van der Waals surface area contributed by atoms with E-state index in [1.807, 2.05) is 6.07 Å². The lowest BCUT2D eigenvalue weighted by molar-refractivity contribution is -0.175. The molecule has 5 nitrogen and oxygen atoms in total. The minimum atomic E-state index is -0.505. The van der Waals surface area contributed by atoms with Gasteiger partial charge in [0, 0.05) is 19.1 Å². The van der Waals surface area contributed by atoms with E-state index in [0.29, 0.717) is 19.1 Å². The number of ether oxygens (including phenoxy) is 2. The van der Waals surface area contributed by atoms with Crippen molar-refractivity contribution in [1.82, 2.24) is 9.55 Å². The largest absolute Gasteiger partial charge is 0.389 e. The van der Waals surface area contributed by atoms with Crippen LogP contribution in [-0.2, 0) is 16.0 Å². The molecule has 1 aliphatic heterocycles. The number of benzene rings is 1. The number of fused-ring (bicyclic) bond motifs is 1. The molecule has 0 radical (unpaired) electrons. The third-order valence-electron chi connectivity index (χ3n) is 8.23. The zero-order valence-electron chi connectivity index (χ0n) is 18.2. The highest BCUT2D eigenvalue weighted by atomic mass is 35.5. The SMILES string of the molecule is Cl.OC(COC12CC3CC(CC(C3)C1)C2)Cn1c(C2CCOCC2)nc2ccccc21. The van der Waals surface area contributed by atoms with Crippen LogP contribution in [0.25, 0.3) is 11.0 Å². The van der Waals surface area contributed by atoms with Gasteiger partial charge in [-0.25, -0.2) is 4.98 Å². The number of para-hydroxylation sites is 2. The van der Waals surface area contributed by atoms with Crippen LogP contribution in [0, 0.1) is 17.8 Å². The lowest BCUT2D eigenvalue weighted by atomic mass is 9.54. The summed E-state index contributed by atoms with van der Waals surface area (Å²) in [5.41, 5.74) is 2.19. The molecular formula is C25H35ClN2O3. The average Bonchev–Trinajstić information content (AvgIpc) is 3.11. The summed E-state index contributed by atoms with van der Waals surface area (Å²) < 4.78 is 14.4. The second kappa shape index (κ2) is 8.66. The van der Waals surface area contributed by atoms with Gasteiger partial charge in [0.25, 0.3) is 0 Å². The lowest BCUT2D eigenvalue weighted by Crippen LogP contribution is -2.52. The second-order valence-corrected chi connectivity index (χ2v) is 10.5. The second-order valence-electron chi connectivity index (χ2n) is 10.5. The van der Waals surface area contributed by atoms with Gasteiger partial charge in [-0.1, -0.05) is 12.1 Å². The predicted molar refractivity (Wildman–Crippen MR) is 123 cm³/mol. The third-order valence-corrected chi connectivity index (χ3v) is 8.23. The van der Waals surface area contributed by atoms with Gasteiger partial charge in [0.05, 0.1) is 35.9 Å². The van der Waals surface area contributed by atoms with Crippen LogP contribution in [0.4, 0.5) is 0 Å². The minimum Gasteiger partial charge on any atom is -0.389 e. The third kappa shape index (κ3) is 4.15. The fourth-order valence-corrected chi connectivity index (χ4v) is 7.30. The molecule has 5 aliphatic rings. The molecule has 4 bridgehead atoms. The monoisotopic (exact) mass is 446 g/mol. The quantitative estimate of drug-likeness (QED) is 0.698. The molecule has 0 spiro atoms. The molecule has 5 fully saturated rings. The molecule has 1 aromatic heterocycles. The molecule has 31 heavy (non-hydrogen) atoms. The number of aliphatic hydroxyl groups excluding tert-OH is 1. The topological polar surface area (TPSA) is 56.5 Å². The van der Waals surface area contributed by atoms with Gasteiger partial charge in [0.1, 0.15) is 5.82 Å². The van der Waals surface area contributed by atoms with Gasteiger partial charge in [-0.2, -0.15) is 0 Å². The lowest BCUT2D eigenvalue weighted by Gasteiger charge is -2.56. The fourth-order valence-electron chi connectivity index (χ4n) is 7.30. The highest BCUT2D eigenvalue weighted by Crippen LogP contribution is 2.57. The number of halogens is 1. The van der Waals surface area contributed by atoms with Crippen molar-refractivity contribution >= 4 is 23.4 Å². The van der Waals surface area contributed by atoms with E-state index < -0.39 is 6.10 Å². The maximum Gasteiger partial charge on any atom is 0.113 e. The Morgan fingerprint density at radius 3 is 2.39 bits per heavy atom. The van der Waals surface area contributed by atoms with E-state index in [-0.39, 0.29) is 18.0 Å². The summed E-state index contributed by atoms with van der Waals surface area (Å²) in [6.07, 6.45) is 9.40. The standard InChI is InChI=1S/C25H34N2O3.ClH/c28-21(16-30-25-12-17-9-18(13-25)11-19(10-17)14-25)15-27-23-4-2-1-3-22(23)26-24(27)20-5-7-29-8-6-20;/h1-4,17-21,28H,5-16H2;1H. The zero-order valence-corrected chi connectivity index (χ0v) is 19.1. The summed E-state index contributed by atoms with van der Waals surface area (Å²) in [4.78, 5) is 4.96. The van der Waals surface area contributed by atoms with Crippen molar-refractivity contribution in [3.8, 4) is 0 Å². The predicted octanol–water partition coefficient (Wildman–Crippen LogP) is 4.70. The molecular weight excluding hydrogens is 412 g/mol. The van der Waals surface area contributed by atoms with Gasteiger partial charge in [0.15, 0.2) is 0 Å². The van der Waals surface area contributed by atoms with E-state index in [2.05, 4.69) is 22.8 Å². The number of aliphatic hydroxyl groups is 1. The Balaban J connectivity index is 0.00000204. The zero-order chi connectivity index (χ0) is 20.1. The molecule has 1 N–H and O–H groups in total. The Bertz CT molecular complexity index is 872. The molecule has 2 aromatic rings. The Morgan fingerprint density at radius 1 is 1.06 bits per heavy atom. The van der Waals surface area contributed by atoms with Crippen LogP contribution < -0.4 is 0 Å². The van der Waals surface area contributed by atoms with E-state index in [9.17, 15) is 5.11 Å². The fraction of sp³-hybridized carbons (Fsp3) is 0.720. The first-order chi connectivity index (χ1) is 14.7. The molecule has 6 heteroatoms. The Hall–Kier alpha value is -1.14. The summed E-state index contributed by atoms with van der Waals surface area (Å²) >= 11 is 0. The summed E-state index contributed by atoms with van der Waals surface area (Å²) in [5, 5.41) is 11.0. The van der Waals surface area contributed by atoms with Crippen molar-refractivity contribution in [3.63, 3.8) is 0 Å². The maximum absolute atomic E-state index is 11.0. The molecule has 2 heterocycles. The molecule has 170 valence electrons. The number of rotatable bonds is 6. The van der Waals surface area contributed by atoms with Gasteiger partial charge < -0.3 is 19.1 Å². The number of hydrogen-bond acceptors (Lipinski definition) is 4. The van der Waals surface area contributed by atoms with E-state index in [4.69, 9.17) is 14.5 Å².